The van der Waals surface area contributed by atoms with Gasteiger partial charge in [0.1, 0.15) is 0 Å². The minimum absolute atomic E-state index is 0.401. The molecule has 1 saturated carbocycles. The molecule has 1 heterocycles. The maximum Gasteiger partial charge on any atom is 0.229 e. The van der Waals surface area contributed by atoms with E-state index in [4.69, 9.17) is 4.52 Å². The Hall–Kier alpha value is -0.860. The van der Waals surface area contributed by atoms with Crippen molar-refractivity contribution in [3.8, 4) is 0 Å². The Labute approximate surface area is 104 Å². The SMILES string of the molecule is CC(C)(C)CCCc1noc(C2CCCC2)n1. The normalized spacial score (nSPS) is 17.8. The minimum Gasteiger partial charge on any atom is -0.339 e. The second-order valence-electron chi connectivity index (χ2n) is 6.44. The summed E-state index contributed by atoms with van der Waals surface area (Å²) in [5.41, 5.74) is 0.401. The molecular weight excluding hydrogens is 212 g/mol. The highest BCUT2D eigenvalue weighted by Crippen LogP contribution is 2.33. The van der Waals surface area contributed by atoms with Gasteiger partial charge in [-0.1, -0.05) is 38.8 Å². The lowest BCUT2D eigenvalue weighted by Crippen LogP contribution is -2.05. The molecule has 0 amide bonds. The van der Waals surface area contributed by atoms with E-state index >= 15 is 0 Å². The van der Waals surface area contributed by atoms with Crippen LogP contribution in [0.4, 0.5) is 0 Å². The molecule has 0 saturated heterocycles. The zero-order chi connectivity index (χ0) is 12.3. The predicted octanol–water partition coefficient (Wildman–Crippen LogP) is 4.10. The standard InChI is InChI=1S/C14H24N2O/c1-14(2,3)10-6-9-12-15-13(17-16-12)11-7-4-5-8-11/h11H,4-10H2,1-3H3. The fourth-order valence-corrected chi connectivity index (χ4v) is 2.48. The summed E-state index contributed by atoms with van der Waals surface area (Å²) in [6.07, 6.45) is 8.38. The van der Waals surface area contributed by atoms with Gasteiger partial charge < -0.3 is 4.52 Å². The number of rotatable bonds is 4. The van der Waals surface area contributed by atoms with Gasteiger partial charge in [-0.25, -0.2) is 0 Å². The smallest absolute Gasteiger partial charge is 0.229 e. The van der Waals surface area contributed by atoms with Crippen LogP contribution in [0.25, 0.3) is 0 Å². The number of nitrogens with zero attached hydrogens (tertiary/aromatic N) is 2. The van der Waals surface area contributed by atoms with Crippen molar-refractivity contribution in [2.24, 2.45) is 5.41 Å². The molecule has 1 aromatic rings. The average molecular weight is 236 g/mol. The Morgan fingerprint density at radius 3 is 2.59 bits per heavy atom. The van der Waals surface area contributed by atoms with Crippen molar-refractivity contribution in [2.45, 2.75) is 71.6 Å². The van der Waals surface area contributed by atoms with Crippen molar-refractivity contribution in [3.05, 3.63) is 11.7 Å². The summed E-state index contributed by atoms with van der Waals surface area (Å²) in [5, 5.41) is 4.09. The first-order chi connectivity index (χ1) is 8.04. The summed E-state index contributed by atoms with van der Waals surface area (Å²) >= 11 is 0. The third kappa shape index (κ3) is 3.83. The molecule has 0 aliphatic heterocycles. The van der Waals surface area contributed by atoms with Gasteiger partial charge in [-0.2, -0.15) is 4.98 Å². The molecule has 0 spiro atoms. The lowest BCUT2D eigenvalue weighted by atomic mass is 9.90. The van der Waals surface area contributed by atoms with Crippen molar-refractivity contribution in [1.82, 2.24) is 10.1 Å². The van der Waals surface area contributed by atoms with Crippen LogP contribution in [0.15, 0.2) is 4.52 Å². The van der Waals surface area contributed by atoms with Crippen molar-refractivity contribution in [3.63, 3.8) is 0 Å². The molecule has 0 aromatic carbocycles. The highest BCUT2D eigenvalue weighted by Gasteiger charge is 2.22. The summed E-state index contributed by atoms with van der Waals surface area (Å²) in [6, 6.07) is 0. The fraction of sp³-hybridized carbons (Fsp3) is 0.857. The maximum atomic E-state index is 5.37. The first-order valence-corrected chi connectivity index (χ1v) is 6.87. The van der Waals surface area contributed by atoms with Gasteiger partial charge in [-0.05, 0) is 31.1 Å². The Bertz CT molecular complexity index is 345. The van der Waals surface area contributed by atoms with Crippen LogP contribution in [0, 0.1) is 5.41 Å². The first kappa shape index (κ1) is 12.6. The monoisotopic (exact) mass is 236 g/mol. The van der Waals surface area contributed by atoms with Crippen LogP contribution in [0.3, 0.4) is 0 Å². The van der Waals surface area contributed by atoms with Crippen LogP contribution in [-0.2, 0) is 6.42 Å². The Morgan fingerprint density at radius 2 is 1.94 bits per heavy atom. The third-order valence-corrected chi connectivity index (χ3v) is 3.52. The number of aryl methyl sites for hydroxylation is 1. The van der Waals surface area contributed by atoms with E-state index in [2.05, 4.69) is 30.9 Å². The van der Waals surface area contributed by atoms with E-state index < -0.39 is 0 Å². The summed E-state index contributed by atoms with van der Waals surface area (Å²) in [5.74, 6) is 2.32. The second-order valence-corrected chi connectivity index (χ2v) is 6.44. The zero-order valence-electron chi connectivity index (χ0n) is 11.3. The fourth-order valence-electron chi connectivity index (χ4n) is 2.48. The highest BCUT2D eigenvalue weighted by molar-refractivity contribution is 4.96. The summed E-state index contributed by atoms with van der Waals surface area (Å²) in [4.78, 5) is 4.53. The molecule has 1 aliphatic carbocycles. The molecule has 96 valence electrons. The first-order valence-electron chi connectivity index (χ1n) is 6.87. The average Bonchev–Trinajstić information content (AvgIpc) is 2.83. The Kier molecular flexibility index (Phi) is 3.85. The number of hydrogen-bond acceptors (Lipinski definition) is 3. The van der Waals surface area contributed by atoms with Crippen molar-refractivity contribution in [1.29, 1.82) is 0 Å². The lowest BCUT2D eigenvalue weighted by molar-refractivity contribution is 0.344. The highest BCUT2D eigenvalue weighted by atomic mass is 16.5. The molecule has 17 heavy (non-hydrogen) atoms. The van der Waals surface area contributed by atoms with Gasteiger partial charge in [0.25, 0.3) is 0 Å². The minimum atomic E-state index is 0.401. The van der Waals surface area contributed by atoms with E-state index in [1.807, 2.05) is 0 Å². The second kappa shape index (κ2) is 5.19. The van der Waals surface area contributed by atoms with E-state index in [1.54, 1.807) is 0 Å². The lowest BCUT2D eigenvalue weighted by Gasteiger charge is -2.16. The van der Waals surface area contributed by atoms with Gasteiger partial charge in [0, 0.05) is 12.3 Å². The Balaban J connectivity index is 1.81. The largest absolute Gasteiger partial charge is 0.339 e. The molecule has 2 rings (SSSR count). The molecular formula is C14H24N2O. The number of aromatic nitrogens is 2. The summed E-state index contributed by atoms with van der Waals surface area (Å²) in [7, 11) is 0. The molecule has 0 bridgehead atoms. The van der Waals surface area contributed by atoms with Gasteiger partial charge >= 0.3 is 0 Å². The summed E-state index contributed by atoms with van der Waals surface area (Å²) < 4.78 is 5.37. The molecule has 1 aromatic heterocycles. The number of hydrogen-bond donors (Lipinski definition) is 0. The van der Waals surface area contributed by atoms with Gasteiger partial charge in [-0.15, -0.1) is 0 Å². The van der Waals surface area contributed by atoms with Gasteiger partial charge in [0.15, 0.2) is 5.82 Å². The van der Waals surface area contributed by atoms with Crippen molar-refractivity contribution in [2.75, 3.05) is 0 Å². The molecule has 1 aliphatic rings. The van der Waals surface area contributed by atoms with Crippen molar-refractivity contribution < 1.29 is 4.52 Å². The quantitative estimate of drug-likeness (QED) is 0.790. The maximum absolute atomic E-state index is 5.37. The third-order valence-electron chi connectivity index (χ3n) is 3.52. The van der Waals surface area contributed by atoms with E-state index in [0.717, 1.165) is 24.6 Å². The van der Waals surface area contributed by atoms with Gasteiger partial charge in [0.2, 0.25) is 5.89 Å². The zero-order valence-corrected chi connectivity index (χ0v) is 11.3. The predicted molar refractivity (Wildman–Crippen MR) is 67.9 cm³/mol. The van der Waals surface area contributed by atoms with Crippen LogP contribution < -0.4 is 0 Å². The molecule has 3 nitrogen and oxygen atoms in total. The van der Waals surface area contributed by atoms with Crippen LogP contribution >= 0.6 is 0 Å². The van der Waals surface area contributed by atoms with E-state index in [9.17, 15) is 0 Å². The Morgan fingerprint density at radius 1 is 1.24 bits per heavy atom. The van der Waals surface area contributed by atoms with Gasteiger partial charge in [0.05, 0.1) is 0 Å². The van der Waals surface area contributed by atoms with Crippen LogP contribution in [0.5, 0.6) is 0 Å². The topological polar surface area (TPSA) is 38.9 Å². The summed E-state index contributed by atoms with van der Waals surface area (Å²) in [6.45, 7) is 6.81. The van der Waals surface area contributed by atoms with Crippen molar-refractivity contribution >= 4 is 0 Å². The van der Waals surface area contributed by atoms with Gasteiger partial charge in [-0.3, -0.25) is 0 Å². The molecule has 0 atom stereocenters. The van der Waals surface area contributed by atoms with E-state index in [1.165, 1.54) is 32.1 Å². The molecule has 0 radical (unpaired) electrons. The molecule has 3 heteroatoms. The van der Waals surface area contributed by atoms with Crippen LogP contribution in [-0.4, -0.2) is 10.1 Å². The molecule has 0 unspecified atom stereocenters. The van der Waals surface area contributed by atoms with E-state index in [0.29, 0.717) is 11.3 Å². The molecule has 0 N–H and O–H groups in total. The van der Waals surface area contributed by atoms with Crippen LogP contribution in [0.1, 0.15) is 76.9 Å². The van der Waals surface area contributed by atoms with Crippen LogP contribution in [0.2, 0.25) is 0 Å². The molecule has 1 fully saturated rings. The van der Waals surface area contributed by atoms with E-state index in [-0.39, 0.29) is 0 Å².